The van der Waals surface area contributed by atoms with Crippen LogP contribution in [0.25, 0.3) is 6.08 Å². The monoisotopic (exact) mass is 254 g/mol. The quantitative estimate of drug-likeness (QED) is 0.720. The molecule has 2 aromatic rings. The number of hydrogen-bond donors (Lipinski definition) is 0. The van der Waals surface area contributed by atoms with Crippen molar-refractivity contribution in [1.29, 1.82) is 0 Å². The lowest BCUT2D eigenvalue weighted by molar-refractivity contribution is 1.07. The van der Waals surface area contributed by atoms with Gasteiger partial charge in [-0.3, -0.25) is 0 Å². The predicted octanol–water partition coefficient (Wildman–Crippen LogP) is 4.83. The van der Waals surface area contributed by atoms with Crippen LogP contribution < -0.4 is 0 Å². The number of benzene rings is 2. The molecule has 0 nitrogen and oxygen atoms in total. The van der Waals surface area contributed by atoms with Crippen molar-refractivity contribution in [3.05, 3.63) is 75.3 Å². The summed E-state index contributed by atoms with van der Waals surface area (Å²) < 4.78 is 0. The van der Waals surface area contributed by atoms with Gasteiger partial charge in [0.25, 0.3) is 0 Å². The molecule has 3 rings (SSSR count). The third kappa shape index (κ3) is 2.09. The van der Waals surface area contributed by atoms with Crippen molar-refractivity contribution in [2.24, 2.45) is 0 Å². The second-order valence-corrected chi connectivity index (χ2v) is 5.31. The molecule has 1 heteroatoms. The van der Waals surface area contributed by atoms with E-state index in [2.05, 4.69) is 49.4 Å². The van der Waals surface area contributed by atoms with E-state index in [1.165, 1.54) is 27.8 Å². The van der Waals surface area contributed by atoms with Crippen LogP contribution in [-0.4, -0.2) is 0 Å². The Morgan fingerprint density at radius 2 is 1.83 bits per heavy atom. The summed E-state index contributed by atoms with van der Waals surface area (Å²) in [6.07, 6.45) is 4.32. The van der Waals surface area contributed by atoms with Crippen LogP contribution in [0.2, 0.25) is 5.02 Å². The van der Waals surface area contributed by atoms with Crippen LogP contribution in [0.5, 0.6) is 0 Å². The second kappa shape index (κ2) is 4.62. The lowest BCUT2D eigenvalue weighted by Crippen LogP contribution is -1.91. The van der Waals surface area contributed by atoms with E-state index >= 15 is 0 Å². The van der Waals surface area contributed by atoms with E-state index in [4.69, 9.17) is 11.6 Å². The highest BCUT2D eigenvalue weighted by Crippen LogP contribution is 2.34. The molecule has 0 heterocycles. The minimum Gasteiger partial charge on any atom is -0.0840 e. The molecular formula is C17H15Cl. The smallest absolute Gasteiger partial charge is 0.0447 e. The number of rotatable bonds is 2. The summed E-state index contributed by atoms with van der Waals surface area (Å²) in [5, 5.41) is 0.898. The first-order valence-corrected chi connectivity index (χ1v) is 6.63. The van der Waals surface area contributed by atoms with Crippen LogP contribution in [-0.2, 0) is 12.8 Å². The Morgan fingerprint density at radius 3 is 2.56 bits per heavy atom. The van der Waals surface area contributed by atoms with Gasteiger partial charge in [-0.25, -0.2) is 0 Å². The van der Waals surface area contributed by atoms with Crippen LogP contribution in [0.15, 0.2) is 48.0 Å². The largest absolute Gasteiger partial charge is 0.0840 e. The Morgan fingerprint density at radius 1 is 1.06 bits per heavy atom. The molecule has 1 aliphatic carbocycles. The first-order valence-electron chi connectivity index (χ1n) is 6.25. The van der Waals surface area contributed by atoms with E-state index in [9.17, 15) is 0 Å². The zero-order valence-electron chi connectivity index (χ0n) is 10.4. The number of aryl methyl sites for hydroxylation is 1. The average Bonchev–Trinajstić information content (AvgIpc) is 2.80. The van der Waals surface area contributed by atoms with E-state index in [1.807, 2.05) is 6.07 Å². The summed E-state index contributed by atoms with van der Waals surface area (Å²) in [5.41, 5.74) is 6.76. The van der Waals surface area contributed by atoms with E-state index in [0.29, 0.717) is 0 Å². The highest BCUT2D eigenvalue weighted by molar-refractivity contribution is 6.31. The first-order chi connectivity index (χ1) is 8.74. The molecule has 0 aliphatic heterocycles. The van der Waals surface area contributed by atoms with Gasteiger partial charge in [-0.1, -0.05) is 59.6 Å². The standard InChI is InChI=1S/C17H15Cl/c1-12-7-8-17(18)16-11-14(10-15(12)16)9-13-5-3-2-4-6-13/h2-8,10H,9,11H2,1H3. The molecule has 2 aromatic carbocycles. The Kier molecular flexibility index (Phi) is 2.97. The third-order valence-electron chi connectivity index (χ3n) is 3.54. The molecule has 0 atom stereocenters. The van der Waals surface area contributed by atoms with Gasteiger partial charge in [0.15, 0.2) is 0 Å². The fourth-order valence-electron chi connectivity index (χ4n) is 2.59. The molecule has 0 fully saturated rings. The van der Waals surface area contributed by atoms with Crippen molar-refractivity contribution >= 4 is 17.7 Å². The topological polar surface area (TPSA) is 0 Å². The predicted molar refractivity (Wildman–Crippen MR) is 78.0 cm³/mol. The van der Waals surface area contributed by atoms with Crippen molar-refractivity contribution in [2.45, 2.75) is 19.8 Å². The van der Waals surface area contributed by atoms with Crippen LogP contribution in [0, 0.1) is 6.92 Å². The van der Waals surface area contributed by atoms with Crippen molar-refractivity contribution in [3.63, 3.8) is 0 Å². The van der Waals surface area contributed by atoms with Gasteiger partial charge in [-0.2, -0.15) is 0 Å². The zero-order chi connectivity index (χ0) is 12.5. The molecule has 1 aliphatic rings. The molecule has 0 spiro atoms. The molecule has 0 radical (unpaired) electrons. The number of hydrogen-bond acceptors (Lipinski definition) is 0. The molecule has 90 valence electrons. The van der Waals surface area contributed by atoms with Gasteiger partial charge >= 0.3 is 0 Å². The summed E-state index contributed by atoms with van der Waals surface area (Å²) in [6.45, 7) is 2.15. The average molecular weight is 255 g/mol. The van der Waals surface area contributed by atoms with Crippen molar-refractivity contribution in [3.8, 4) is 0 Å². The van der Waals surface area contributed by atoms with E-state index in [0.717, 1.165) is 17.9 Å². The summed E-state index contributed by atoms with van der Waals surface area (Å²) >= 11 is 6.28. The Hall–Kier alpha value is -1.53. The molecule has 0 saturated heterocycles. The van der Waals surface area contributed by atoms with Crippen molar-refractivity contribution in [1.82, 2.24) is 0 Å². The SMILES string of the molecule is Cc1ccc(Cl)c2c1C=C(Cc1ccccc1)C2. The Labute approximate surface area is 113 Å². The Bertz CT molecular complexity index is 609. The van der Waals surface area contributed by atoms with Gasteiger partial charge in [0.1, 0.15) is 0 Å². The van der Waals surface area contributed by atoms with E-state index in [-0.39, 0.29) is 0 Å². The molecule has 0 bridgehead atoms. The number of allylic oxidation sites excluding steroid dienone is 1. The molecular weight excluding hydrogens is 240 g/mol. The highest BCUT2D eigenvalue weighted by atomic mass is 35.5. The number of fused-ring (bicyclic) bond motifs is 1. The van der Waals surface area contributed by atoms with Gasteiger partial charge in [-0.05, 0) is 48.1 Å². The normalized spacial score (nSPS) is 13.3. The van der Waals surface area contributed by atoms with Gasteiger partial charge in [0.05, 0.1) is 0 Å². The highest BCUT2D eigenvalue weighted by Gasteiger charge is 2.17. The lowest BCUT2D eigenvalue weighted by Gasteiger charge is -2.05. The van der Waals surface area contributed by atoms with Crippen LogP contribution >= 0.6 is 11.6 Å². The second-order valence-electron chi connectivity index (χ2n) is 4.90. The maximum Gasteiger partial charge on any atom is 0.0447 e. The summed E-state index contributed by atoms with van der Waals surface area (Å²) in [7, 11) is 0. The van der Waals surface area contributed by atoms with Crippen molar-refractivity contribution < 1.29 is 0 Å². The first kappa shape index (κ1) is 11.6. The van der Waals surface area contributed by atoms with Gasteiger partial charge in [0.2, 0.25) is 0 Å². The van der Waals surface area contributed by atoms with Crippen LogP contribution in [0.4, 0.5) is 0 Å². The lowest BCUT2D eigenvalue weighted by atomic mass is 10.0. The molecule has 0 aromatic heterocycles. The maximum atomic E-state index is 6.28. The van der Waals surface area contributed by atoms with E-state index in [1.54, 1.807) is 0 Å². The zero-order valence-corrected chi connectivity index (χ0v) is 11.2. The minimum atomic E-state index is 0.898. The van der Waals surface area contributed by atoms with Gasteiger partial charge in [0, 0.05) is 5.02 Å². The molecule has 0 N–H and O–H groups in total. The third-order valence-corrected chi connectivity index (χ3v) is 3.90. The number of halogens is 1. The molecule has 18 heavy (non-hydrogen) atoms. The summed E-state index contributed by atoms with van der Waals surface area (Å²) in [5.74, 6) is 0. The minimum absolute atomic E-state index is 0.898. The van der Waals surface area contributed by atoms with Crippen molar-refractivity contribution in [2.75, 3.05) is 0 Å². The van der Waals surface area contributed by atoms with Crippen LogP contribution in [0.3, 0.4) is 0 Å². The van der Waals surface area contributed by atoms with Crippen LogP contribution in [0.1, 0.15) is 22.3 Å². The van der Waals surface area contributed by atoms with Gasteiger partial charge < -0.3 is 0 Å². The maximum absolute atomic E-state index is 6.28. The van der Waals surface area contributed by atoms with Gasteiger partial charge in [-0.15, -0.1) is 0 Å². The summed E-state index contributed by atoms with van der Waals surface area (Å²) in [4.78, 5) is 0. The molecule has 0 saturated carbocycles. The Balaban J connectivity index is 1.89. The summed E-state index contributed by atoms with van der Waals surface area (Å²) in [6, 6.07) is 14.7. The molecule has 0 unspecified atom stereocenters. The fraction of sp³-hybridized carbons (Fsp3) is 0.176. The van der Waals surface area contributed by atoms with E-state index < -0.39 is 0 Å². The molecule has 0 amide bonds. The fourth-order valence-corrected chi connectivity index (χ4v) is 2.82.